The average Bonchev–Trinajstić information content (AvgIpc) is 2.77. The number of aryl methyl sites for hydroxylation is 1. The van der Waals surface area contributed by atoms with Gasteiger partial charge in [-0.15, -0.1) is 5.10 Å². The molecule has 2 aromatic rings. The fourth-order valence-corrected chi connectivity index (χ4v) is 1.65. The van der Waals surface area contributed by atoms with E-state index >= 15 is 0 Å². The second-order valence-electron chi connectivity index (χ2n) is 3.98. The van der Waals surface area contributed by atoms with E-state index in [1.54, 1.807) is 6.92 Å². The molecule has 0 aliphatic heterocycles. The number of hydrogen-bond donors (Lipinski definition) is 3. The van der Waals surface area contributed by atoms with Gasteiger partial charge in [0.1, 0.15) is 12.4 Å². The molecule has 0 bridgehead atoms. The number of nitrogens with zero attached hydrogens (tertiary/aromatic N) is 4. The van der Waals surface area contributed by atoms with Crippen LogP contribution in [0.15, 0.2) is 15.8 Å². The van der Waals surface area contributed by atoms with Gasteiger partial charge in [0.05, 0.1) is 18.9 Å². The van der Waals surface area contributed by atoms with E-state index in [1.165, 1.54) is 15.4 Å². The number of aliphatic hydroxyl groups is 2. The maximum absolute atomic E-state index is 11.6. The van der Waals surface area contributed by atoms with E-state index < -0.39 is 11.2 Å². The van der Waals surface area contributed by atoms with Crippen molar-refractivity contribution in [3.8, 4) is 0 Å². The first-order valence-corrected chi connectivity index (χ1v) is 5.50. The molecule has 102 valence electrons. The van der Waals surface area contributed by atoms with Crippen LogP contribution < -0.4 is 11.2 Å². The van der Waals surface area contributed by atoms with Crippen molar-refractivity contribution in [2.75, 3.05) is 0 Å². The number of aliphatic hydroxyl groups excluding tert-OH is 2. The summed E-state index contributed by atoms with van der Waals surface area (Å²) in [7, 11) is 0. The summed E-state index contributed by atoms with van der Waals surface area (Å²) in [5.74, 6) is 0. The van der Waals surface area contributed by atoms with Crippen molar-refractivity contribution in [3.63, 3.8) is 0 Å². The van der Waals surface area contributed by atoms with Crippen LogP contribution in [0.4, 0.5) is 0 Å². The van der Waals surface area contributed by atoms with Gasteiger partial charge in [-0.3, -0.25) is 14.3 Å². The topological polar surface area (TPSA) is 126 Å². The Kier molecular flexibility index (Phi) is 3.58. The monoisotopic (exact) mass is 267 g/mol. The van der Waals surface area contributed by atoms with Crippen LogP contribution in [0.1, 0.15) is 17.0 Å². The molecule has 0 radical (unpaired) electrons. The SMILES string of the molecule is Cc1cn(Cn2nnc(CO)c2CO)c(=O)[nH]c1=O. The third kappa shape index (κ3) is 2.46. The van der Waals surface area contributed by atoms with Gasteiger partial charge in [0.15, 0.2) is 0 Å². The van der Waals surface area contributed by atoms with Crippen LogP contribution in [0.5, 0.6) is 0 Å². The molecule has 9 heteroatoms. The molecule has 0 atom stereocenters. The molecule has 2 heterocycles. The van der Waals surface area contributed by atoms with Crippen molar-refractivity contribution in [3.05, 3.63) is 44.0 Å². The Labute approximate surface area is 106 Å². The predicted molar refractivity (Wildman–Crippen MR) is 63.3 cm³/mol. The summed E-state index contributed by atoms with van der Waals surface area (Å²) in [6.07, 6.45) is 1.39. The average molecular weight is 267 g/mol. The molecule has 0 aromatic carbocycles. The number of aromatic amines is 1. The zero-order valence-electron chi connectivity index (χ0n) is 10.2. The number of nitrogens with one attached hydrogen (secondary N) is 1. The first kappa shape index (κ1) is 13.2. The summed E-state index contributed by atoms with van der Waals surface area (Å²) in [6.45, 7) is 0.844. The highest BCUT2D eigenvalue weighted by Gasteiger charge is 2.12. The predicted octanol–water partition coefficient (Wildman–Crippen LogP) is -2.07. The molecular weight excluding hydrogens is 254 g/mol. The fraction of sp³-hybridized carbons (Fsp3) is 0.400. The van der Waals surface area contributed by atoms with E-state index in [9.17, 15) is 14.7 Å². The van der Waals surface area contributed by atoms with Gasteiger partial charge in [-0.2, -0.15) is 0 Å². The minimum Gasteiger partial charge on any atom is -0.390 e. The van der Waals surface area contributed by atoms with Crippen molar-refractivity contribution >= 4 is 0 Å². The highest BCUT2D eigenvalue weighted by molar-refractivity contribution is 5.08. The zero-order chi connectivity index (χ0) is 14.0. The van der Waals surface area contributed by atoms with Gasteiger partial charge in [-0.05, 0) is 6.92 Å². The molecule has 0 amide bonds. The quantitative estimate of drug-likeness (QED) is 0.584. The summed E-state index contributed by atoms with van der Waals surface area (Å²) in [6, 6.07) is 0. The van der Waals surface area contributed by atoms with E-state index in [-0.39, 0.29) is 25.6 Å². The molecule has 2 rings (SSSR count). The minimum absolute atomic E-state index is 0.0145. The maximum Gasteiger partial charge on any atom is 0.329 e. The Balaban J connectivity index is 2.42. The van der Waals surface area contributed by atoms with E-state index in [0.29, 0.717) is 11.3 Å². The van der Waals surface area contributed by atoms with Crippen LogP contribution in [0.3, 0.4) is 0 Å². The number of H-pyrrole nitrogens is 1. The zero-order valence-corrected chi connectivity index (χ0v) is 10.2. The van der Waals surface area contributed by atoms with Gasteiger partial charge < -0.3 is 10.2 Å². The second-order valence-corrected chi connectivity index (χ2v) is 3.98. The number of rotatable bonds is 4. The standard InChI is InChI=1S/C10H13N5O4/c1-6-2-14(10(19)11-9(6)18)5-15-8(4-17)7(3-16)12-13-15/h2,16-17H,3-5H2,1H3,(H,11,18,19). The summed E-state index contributed by atoms with van der Waals surface area (Å²) < 4.78 is 2.51. The van der Waals surface area contributed by atoms with Gasteiger partial charge in [0.2, 0.25) is 0 Å². The molecule has 3 N–H and O–H groups in total. The van der Waals surface area contributed by atoms with Gasteiger partial charge >= 0.3 is 5.69 Å². The van der Waals surface area contributed by atoms with Crippen LogP contribution in [0, 0.1) is 6.92 Å². The lowest BCUT2D eigenvalue weighted by molar-refractivity contribution is 0.248. The van der Waals surface area contributed by atoms with E-state index in [1.807, 2.05) is 0 Å². The van der Waals surface area contributed by atoms with E-state index in [4.69, 9.17) is 5.11 Å². The third-order valence-electron chi connectivity index (χ3n) is 2.69. The van der Waals surface area contributed by atoms with Gasteiger partial charge in [0, 0.05) is 11.8 Å². The van der Waals surface area contributed by atoms with Crippen molar-refractivity contribution in [2.24, 2.45) is 0 Å². The fourth-order valence-electron chi connectivity index (χ4n) is 1.65. The first-order valence-electron chi connectivity index (χ1n) is 5.50. The minimum atomic E-state index is -0.583. The second kappa shape index (κ2) is 5.16. The normalized spacial score (nSPS) is 10.9. The van der Waals surface area contributed by atoms with Crippen LogP contribution in [-0.2, 0) is 19.9 Å². The van der Waals surface area contributed by atoms with E-state index in [0.717, 1.165) is 0 Å². The van der Waals surface area contributed by atoms with Crippen LogP contribution in [0.25, 0.3) is 0 Å². The van der Waals surface area contributed by atoms with Crippen molar-refractivity contribution in [1.29, 1.82) is 0 Å². The van der Waals surface area contributed by atoms with Crippen LogP contribution in [0.2, 0.25) is 0 Å². The van der Waals surface area contributed by atoms with Gasteiger partial charge in [-0.1, -0.05) is 5.21 Å². The highest BCUT2D eigenvalue weighted by Crippen LogP contribution is 2.05. The Morgan fingerprint density at radius 3 is 2.68 bits per heavy atom. The molecule has 0 spiro atoms. The summed E-state index contributed by atoms with van der Waals surface area (Å²) in [5.41, 5.74) is -0.0820. The third-order valence-corrected chi connectivity index (χ3v) is 2.69. The van der Waals surface area contributed by atoms with Crippen molar-refractivity contribution in [2.45, 2.75) is 26.8 Å². The van der Waals surface area contributed by atoms with Gasteiger partial charge in [-0.25, -0.2) is 9.48 Å². The number of hydrogen-bond acceptors (Lipinski definition) is 6. The van der Waals surface area contributed by atoms with Gasteiger partial charge in [0.25, 0.3) is 5.56 Å². The molecule has 0 saturated heterocycles. The number of aromatic nitrogens is 5. The molecular formula is C10H13N5O4. The molecule has 0 fully saturated rings. The Hall–Kier alpha value is -2.26. The van der Waals surface area contributed by atoms with Crippen molar-refractivity contribution < 1.29 is 10.2 Å². The lowest BCUT2D eigenvalue weighted by Crippen LogP contribution is -2.33. The first-order chi connectivity index (χ1) is 9.06. The highest BCUT2D eigenvalue weighted by atomic mass is 16.3. The summed E-state index contributed by atoms with van der Waals surface area (Å²) in [5, 5.41) is 25.7. The maximum atomic E-state index is 11.6. The summed E-state index contributed by atoms with van der Waals surface area (Å²) in [4.78, 5) is 25.0. The molecule has 9 nitrogen and oxygen atoms in total. The largest absolute Gasteiger partial charge is 0.390 e. The lowest BCUT2D eigenvalue weighted by atomic mass is 10.3. The molecule has 0 unspecified atom stereocenters. The van der Waals surface area contributed by atoms with Crippen LogP contribution >= 0.6 is 0 Å². The lowest BCUT2D eigenvalue weighted by Gasteiger charge is -2.08. The van der Waals surface area contributed by atoms with Crippen molar-refractivity contribution in [1.82, 2.24) is 24.5 Å². The Bertz CT molecular complexity index is 699. The molecule has 19 heavy (non-hydrogen) atoms. The Morgan fingerprint density at radius 2 is 2.05 bits per heavy atom. The Morgan fingerprint density at radius 1 is 1.32 bits per heavy atom. The molecule has 0 aliphatic carbocycles. The summed E-state index contributed by atoms with van der Waals surface area (Å²) >= 11 is 0. The molecule has 0 saturated carbocycles. The van der Waals surface area contributed by atoms with E-state index in [2.05, 4.69) is 15.3 Å². The molecule has 2 aromatic heterocycles. The molecule has 0 aliphatic rings. The van der Waals surface area contributed by atoms with Crippen LogP contribution in [-0.4, -0.2) is 34.8 Å². The smallest absolute Gasteiger partial charge is 0.329 e.